The highest BCUT2D eigenvalue weighted by atomic mass is 16.6. The van der Waals surface area contributed by atoms with Gasteiger partial charge in [-0.2, -0.15) is 0 Å². The number of ketones is 1. The molecular formula is C16H25NO6. The molecule has 7 heteroatoms. The summed E-state index contributed by atoms with van der Waals surface area (Å²) in [6.45, 7) is 8.06. The number of esters is 1. The van der Waals surface area contributed by atoms with E-state index in [1.54, 1.807) is 27.7 Å². The maximum absolute atomic E-state index is 12.6. The zero-order valence-electron chi connectivity index (χ0n) is 14.2. The molecule has 23 heavy (non-hydrogen) atoms. The number of carbonyl (C=O) groups excluding carboxylic acids is 3. The second-order valence-electron chi connectivity index (χ2n) is 6.90. The molecule has 2 aliphatic rings. The molecule has 1 amide bonds. The van der Waals surface area contributed by atoms with Crippen LogP contribution in [0.5, 0.6) is 0 Å². The number of amides is 1. The van der Waals surface area contributed by atoms with Crippen LogP contribution in [0.15, 0.2) is 0 Å². The van der Waals surface area contributed by atoms with Crippen LogP contribution in [-0.2, 0) is 23.8 Å². The summed E-state index contributed by atoms with van der Waals surface area (Å²) in [6.07, 6.45) is -0.126. The molecule has 2 saturated heterocycles. The minimum absolute atomic E-state index is 0.0608. The summed E-state index contributed by atoms with van der Waals surface area (Å²) in [6, 6.07) is 0. The molecule has 0 aromatic carbocycles. The number of hydrogen-bond acceptors (Lipinski definition) is 6. The Bertz CT molecular complexity index is 483. The van der Waals surface area contributed by atoms with E-state index in [-0.39, 0.29) is 31.6 Å². The third-order valence-electron chi connectivity index (χ3n) is 3.96. The number of rotatable bonds is 2. The summed E-state index contributed by atoms with van der Waals surface area (Å²) < 4.78 is 15.9. The quantitative estimate of drug-likeness (QED) is 0.563. The first-order valence-electron chi connectivity index (χ1n) is 8.03. The standard InChI is InChI=1S/C16H25NO6/c1-5-21-14(19)11-9-22-12-6-7-17(8-10(12)13(11)18)15(20)23-16(2,3)4/h10-12H,5-9H2,1-4H3/t10-,11-,12-/m1/s1. The third kappa shape index (κ3) is 4.22. The van der Waals surface area contributed by atoms with Crippen LogP contribution in [0.4, 0.5) is 4.79 Å². The lowest BCUT2D eigenvalue weighted by Crippen LogP contribution is -2.56. The van der Waals surface area contributed by atoms with Crippen LogP contribution < -0.4 is 0 Å². The van der Waals surface area contributed by atoms with Crippen molar-refractivity contribution in [2.24, 2.45) is 11.8 Å². The minimum Gasteiger partial charge on any atom is -0.465 e. The van der Waals surface area contributed by atoms with Gasteiger partial charge in [-0.25, -0.2) is 4.79 Å². The van der Waals surface area contributed by atoms with E-state index in [1.165, 1.54) is 4.90 Å². The zero-order chi connectivity index (χ0) is 17.2. The second-order valence-corrected chi connectivity index (χ2v) is 6.90. The summed E-state index contributed by atoms with van der Waals surface area (Å²) in [5, 5.41) is 0. The van der Waals surface area contributed by atoms with Crippen molar-refractivity contribution in [3.8, 4) is 0 Å². The molecule has 0 saturated carbocycles. The number of fused-ring (bicyclic) bond motifs is 1. The maximum atomic E-state index is 12.6. The van der Waals surface area contributed by atoms with Crippen molar-refractivity contribution >= 4 is 17.8 Å². The van der Waals surface area contributed by atoms with Crippen LogP contribution >= 0.6 is 0 Å². The fraction of sp³-hybridized carbons (Fsp3) is 0.812. The predicted molar refractivity (Wildman–Crippen MR) is 80.8 cm³/mol. The Morgan fingerprint density at radius 1 is 1.35 bits per heavy atom. The Kier molecular flexibility index (Phi) is 5.29. The Morgan fingerprint density at radius 3 is 2.65 bits per heavy atom. The van der Waals surface area contributed by atoms with E-state index in [4.69, 9.17) is 14.2 Å². The van der Waals surface area contributed by atoms with Gasteiger partial charge in [-0.1, -0.05) is 0 Å². The third-order valence-corrected chi connectivity index (χ3v) is 3.96. The molecule has 130 valence electrons. The first kappa shape index (κ1) is 17.7. The summed E-state index contributed by atoms with van der Waals surface area (Å²) in [5.41, 5.74) is -0.589. The number of hydrogen-bond donors (Lipinski definition) is 0. The molecule has 0 aliphatic carbocycles. The molecule has 0 radical (unpaired) electrons. The van der Waals surface area contributed by atoms with E-state index < -0.39 is 29.5 Å². The number of piperidine rings is 1. The molecule has 0 aromatic rings. The number of ether oxygens (including phenoxy) is 3. The Labute approximate surface area is 136 Å². The fourth-order valence-electron chi connectivity index (χ4n) is 2.88. The van der Waals surface area contributed by atoms with Crippen molar-refractivity contribution < 1.29 is 28.6 Å². The fourth-order valence-corrected chi connectivity index (χ4v) is 2.88. The van der Waals surface area contributed by atoms with E-state index in [2.05, 4.69) is 0 Å². The van der Waals surface area contributed by atoms with Crippen molar-refractivity contribution in [2.75, 3.05) is 26.3 Å². The van der Waals surface area contributed by atoms with Crippen LogP contribution in [0.1, 0.15) is 34.1 Å². The van der Waals surface area contributed by atoms with Gasteiger partial charge in [-0.3, -0.25) is 9.59 Å². The highest BCUT2D eigenvalue weighted by Gasteiger charge is 2.46. The summed E-state index contributed by atoms with van der Waals surface area (Å²) >= 11 is 0. The molecule has 3 atom stereocenters. The molecule has 0 bridgehead atoms. The van der Waals surface area contributed by atoms with E-state index in [0.717, 1.165) is 0 Å². The lowest BCUT2D eigenvalue weighted by Gasteiger charge is -2.41. The number of Topliss-reactive ketones (excluding diaryl/α,β-unsaturated/α-hetero) is 1. The highest BCUT2D eigenvalue weighted by Crippen LogP contribution is 2.30. The number of nitrogens with zero attached hydrogens (tertiary/aromatic N) is 1. The lowest BCUT2D eigenvalue weighted by atomic mass is 9.82. The Balaban J connectivity index is 2.03. The van der Waals surface area contributed by atoms with Crippen molar-refractivity contribution in [3.05, 3.63) is 0 Å². The van der Waals surface area contributed by atoms with Gasteiger partial charge in [0.2, 0.25) is 0 Å². The van der Waals surface area contributed by atoms with Gasteiger partial charge in [0.1, 0.15) is 11.5 Å². The van der Waals surface area contributed by atoms with Crippen molar-refractivity contribution in [1.82, 2.24) is 4.90 Å². The highest BCUT2D eigenvalue weighted by molar-refractivity contribution is 6.01. The topological polar surface area (TPSA) is 82.1 Å². The van der Waals surface area contributed by atoms with Crippen molar-refractivity contribution in [1.29, 1.82) is 0 Å². The number of carbonyl (C=O) groups is 3. The van der Waals surface area contributed by atoms with Gasteiger partial charge in [-0.15, -0.1) is 0 Å². The molecule has 7 nitrogen and oxygen atoms in total. The average molecular weight is 327 g/mol. The largest absolute Gasteiger partial charge is 0.465 e. The summed E-state index contributed by atoms with van der Waals surface area (Å²) in [7, 11) is 0. The minimum atomic E-state index is -0.894. The normalized spacial score (nSPS) is 28.1. The van der Waals surface area contributed by atoms with Gasteiger partial charge in [0, 0.05) is 13.1 Å². The zero-order valence-corrected chi connectivity index (χ0v) is 14.2. The van der Waals surface area contributed by atoms with E-state index in [0.29, 0.717) is 13.0 Å². The second kappa shape index (κ2) is 6.86. The average Bonchev–Trinajstić information content (AvgIpc) is 2.45. The van der Waals surface area contributed by atoms with Gasteiger partial charge in [0.15, 0.2) is 5.78 Å². The molecular weight excluding hydrogens is 302 g/mol. The van der Waals surface area contributed by atoms with Gasteiger partial charge in [0.05, 0.1) is 25.2 Å². The summed E-state index contributed by atoms with van der Waals surface area (Å²) in [5.74, 6) is -2.15. The van der Waals surface area contributed by atoms with Gasteiger partial charge >= 0.3 is 12.1 Å². The predicted octanol–water partition coefficient (Wildman–Crippen LogP) is 1.39. The molecule has 0 N–H and O–H groups in total. The van der Waals surface area contributed by atoms with Gasteiger partial charge in [0.25, 0.3) is 0 Å². The van der Waals surface area contributed by atoms with Gasteiger partial charge in [-0.05, 0) is 34.1 Å². The molecule has 0 unspecified atom stereocenters. The molecule has 2 aliphatic heterocycles. The van der Waals surface area contributed by atoms with Crippen molar-refractivity contribution in [2.45, 2.75) is 45.8 Å². The SMILES string of the molecule is CCOC(=O)[C@@H]1CO[C@@H]2CCN(C(=O)OC(C)(C)C)C[C@H]2C1=O. The Hall–Kier alpha value is -1.63. The van der Waals surface area contributed by atoms with Gasteiger partial charge < -0.3 is 19.1 Å². The van der Waals surface area contributed by atoms with Crippen LogP contribution in [0.25, 0.3) is 0 Å². The van der Waals surface area contributed by atoms with Crippen molar-refractivity contribution in [3.63, 3.8) is 0 Å². The molecule has 2 fully saturated rings. The first-order valence-corrected chi connectivity index (χ1v) is 8.03. The Morgan fingerprint density at radius 2 is 2.04 bits per heavy atom. The molecule has 0 spiro atoms. The van der Waals surface area contributed by atoms with Crippen LogP contribution in [0, 0.1) is 11.8 Å². The van der Waals surface area contributed by atoms with E-state index >= 15 is 0 Å². The van der Waals surface area contributed by atoms with Crippen LogP contribution in [0.2, 0.25) is 0 Å². The van der Waals surface area contributed by atoms with Crippen LogP contribution in [-0.4, -0.2) is 60.8 Å². The molecule has 2 rings (SSSR count). The van der Waals surface area contributed by atoms with E-state index in [9.17, 15) is 14.4 Å². The number of likely N-dealkylation sites (tertiary alicyclic amines) is 1. The maximum Gasteiger partial charge on any atom is 0.410 e. The first-order chi connectivity index (χ1) is 10.7. The summed E-state index contributed by atoms with van der Waals surface area (Å²) in [4.78, 5) is 38.1. The van der Waals surface area contributed by atoms with E-state index in [1.807, 2.05) is 0 Å². The van der Waals surface area contributed by atoms with Crippen LogP contribution in [0.3, 0.4) is 0 Å². The monoisotopic (exact) mass is 327 g/mol. The lowest BCUT2D eigenvalue weighted by molar-refractivity contribution is -0.168. The molecule has 0 aromatic heterocycles. The smallest absolute Gasteiger partial charge is 0.410 e. The molecule has 2 heterocycles.